The molecule has 56 valence electrons. The first-order chi connectivity index (χ1) is 4.75. The number of aliphatic hydroxyl groups is 1. The number of aromatic nitrogens is 3. The van der Waals surface area contributed by atoms with E-state index in [0.29, 0.717) is 0 Å². The van der Waals surface area contributed by atoms with E-state index in [9.17, 15) is 0 Å². The van der Waals surface area contributed by atoms with Crippen molar-refractivity contribution in [2.75, 3.05) is 6.26 Å². The zero-order valence-corrected chi connectivity index (χ0v) is 6.67. The number of aliphatic hydroxyl groups excluding tert-OH is 1. The van der Waals surface area contributed by atoms with Crippen LogP contribution in [0.3, 0.4) is 0 Å². The molecule has 0 amide bonds. The second kappa shape index (κ2) is 3.03. The molecule has 0 aliphatic heterocycles. The predicted molar refractivity (Wildman–Crippen MR) is 39.6 cm³/mol. The minimum atomic E-state index is -0.498. The van der Waals surface area contributed by atoms with Crippen molar-refractivity contribution >= 4 is 11.9 Å². The molecule has 0 radical (unpaired) electrons. The highest BCUT2D eigenvalue weighted by atomic mass is 32.2. The number of hydrogen-bond acceptors (Lipinski definition) is 4. The van der Waals surface area contributed by atoms with Gasteiger partial charge in [0.05, 0.1) is 18.0 Å². The largest absolute Gasteiger partial charge is 0.387 e. The van der Waals surface area contributed by atoms with Crippen molar-refractivity contribution in [1.82, 2.24) is 14.4 Å². The predicted octanol–water partition coefficient (Wildman–Crippen LogP) is 0.457. The van der Waals surface area contributed by atoms with Crippen molar-refractivity contribution in [2.45, 2.75) is 13.0 Å². The monoisotopic (exact) mass is 159 g/mol. The maximum atomic E-state index is 9.11. The van der Waals surface area contributed by atoms with Crippen LogP contribution in [0.5, 0.6) is 0 Å². The molecule has 0 aliphatic rings. The van der Waals surface area contributed by atoms with E-state index in [-0.39, 0.29) is 0 Å². The Hall–Kier alpha value is -0.550. The van der Waals surface area contributed by atoms with Crippen LogP contribution < -0.4 is 0 Å². The highest BCUT2D eigenvalue weighted by Crippen LogP contribution is 2.12. The van der Waals surface area contributed by atoms with Gasteiger partial charge in [-0.15, -0.1) is 5.10 Å². The third-order valence-corrected chi connectivity index (χ3v) is 1.77. The van der Waals surface area contributed by atoms with Crippen LogP contribution in [0, 0.1) is 0 Å². The molecule has 1 aromatic rings. The topological polar surface area (TPSA) is 50.9 Å². The van der Waals surface area contributed by atoms with Crippen LogP contribution in [0.2, 0.25) is 0 Å². The fraction of sp³-hybridized carbons (Fsp3) is 0.600. The zero-order valence-electron chi connectivity index (χ0n) is 5.85. The minimum absolute atomic E-state index is 0.498. The third-order valence-electron chi connectivity index (χ3n) is 1.14. The number of nitrogens with zero attached hydrogens (tertiary/aromatic N) is 3. The summed E-state index contributed by atoms with van der Waals surface area (Å²) < 4.78 is 1.59. The van der Waals surface area contributed by atoms with Gasteiger partial charge in [-0.1, -0.05) is 5.21 Å². The number of hydrogen-bond donors (Lipinski definition) is 1. The van der Waals surface area contributed by atoms with Gasteiger partial charge in [-0.3, -0.25) is 0 Å². The Balaban J connectivity index is 2.90. The Bertz CT molecular complexity index is 210. The fourth-order valence-electron chi connectivity index (χ4n) is 0.643. The van der Waals surface area contributed by atoms with E-state index < -0.39 is 6.10 Å². The first-order valence-corrected chi connectivity index (χ1v) is 4.07. The summed E-state index contributed by atoms with van der Waals surface area (Å²) in [6.45, 7) is 1.69. The maximum absolute atomic E-state index is 9.11. The van der Waals surface area contributed by atoms with Gasteiger partial charge in [-0.05, 0) is 18.9 Å². The van der Waals surface area contributed by atoms with Crippen molar-refractivity contribution in [3.63, 3.8) is 0 Å². The van der Waals surface area contributed by atoms with Crippen LogP contribution >= 0.6 is 11.9 Å². The van der Waals surface area contributed by atoms with Gasteiger partial charge in [-0.25, -0.2) is 0 Å². The van der Waals surface area contributed by atoms with Gasteiger partial charge in [0, 0.05) is 6.26 Å². The van der Waals surface area contributed by atoms with E-state index >= 15 is 0 Å². The Morgan fingerprint density at radius 2 is 2.50 bits per heavy atom. The van der Waals surface area contributed by atoms with E-state index in [1.165, 1.54) is 11.9 Å². The molecule has 5 heteroatoms. The maximum Gasteiger partial charge on any atom is 0.0998 e. The molecule has 1 rings (SSSR count). The Morgan fingerprint density at radius 3 is 2.90 bits per heavy atom. The third kappa shape index (κ3) is 1.30. The van der Waals surface area contributed by atoms with E-state index in [1.807, 2.05) is 6.26 Å². The molecule has 0 spiro atoms. The van der Waals surface area contributed by atoms with Gasteiger partial charge in [0.25, 0.3) is 0 Å². The first-order valence-electron chi connectivity index (χ1n) is 2.89. The lowest BCUT2D eigenvalue weighted by Crippen LogP contribution is -1.99. The Labute approximate surface area is 63.4 Å². The summed E-state index contributed by atoms with van der Waals surface area (Å²) in [5.74, 6) is 0. The van der Waals surface area contributed by atoms with Crippen molar-refractivity contribution in [3.05, 3.63) is 11.9 Å². The molecule has 0 saturated heterocycles. The molecular weight excluding hydrogens is 150 g/mol. The minimum Gasteiger partial charge on any atom is -0.387 e. The average molecular weight is 159 g/mol. The van der Waals surface area contributed by atoms with Crippen LogP contribution in [0.1, 0.15) is 18.7 Å². The van der Waals surface area contributed by atoms with E-state index in [2.05, 4.69) is 10.3 Å². The zero-order chi connectivity index (χ0) is 7.56. The van der Waals surface area contributed by atoms with Gasteiger partial charge >= 0.3 is 0 Å². The van der Waals surface area contributed by atoms with Gasteiger partial charge < -0.3 is 5.11 Å². The molecule has 0 bridgehead atoms. The van der Waals surface area contributed by atoms with Gasteiger partial charge in [-0.2, -0.15) is 4.09 Å². The lowest BCUT2D eigenvalue weighted by molar-refractivity contribution is 0.193. The second-order valence-electron chi connectivity index (χ2n) is 1.89. The lowest BCUT2D eigenvalue weighted by atomic mass is 10.3. The molecule has 4 nitrogen and oxygen atoms in total. The second-order valence-corrected chi connectivity index (χ2v) is 2.60. The van der Waals surface area contributed by atoms with Crippen LogP contribution in [0.4, 0.5) is 0 Å². The molecule has 0 saturated carbocycles. The van der Waals surface area contributed by atoms with Crippen LogP contribution in [-0.4, -0.2) is 25.8 Å². The molecular formula is C5H9N3OS. The van der Waals surface area contributed by atoms with E-state index in [0.717, 1.165) is 5.69 Å². The molecule has 1 aromatic heterocycles. The summed E-state index contributed by atoms with van der Waals surface area (Å²) in [7, 11) is 0. The highest BCUT2D eigenvalue weighted by Gasteiger charge is 2.07. The van der Waals surface area contributed by atoms with Crippen LogP contribution in [-0.2, 0) is 0 Å². The smallest absolute Gasteiger partial charge is 0.0998 e. The van der Waals surface area contributed by atoms with Gasteiger partial charge in [0.15, 0.2) is 0 Å². The summed E-state index contributed by atoms with van der Waals surface area (Å²) >= 11 is 1.41. The number of rotatable bonds is 2. The van der Waals surface area contributed by atoms with E-state index in [4.69, 9.17) is 5.11 Å². The summed E-state index contributed by atoms with van der Waals surface area (Å²) in [5.41, 5.74) is 0.729. The van der Waals surface area contributed by atoms with Crippen LogP contribution in [0.15, 0.2) is 6.20 Å². The van der Waals surface area contributed by atoms with Gasteiger partial charge in [0.2, 0.25) is 0 Å². The summed E-state index contributed by atoms with van der Waals surface area (Å²) in [5, 5.41) is 16.5. The van der Waals surface area contributed by atoms with Crippen molar-refractivity contribution in [2.24, 2.45) is 0 Å². The van der Waals surface area contributed by atoms with Crippen molar-refractivity contribution in [1.29, 1.82) is 0 Å². The van der Waals surface area contributed by atoms with E-state index in [1.54, 1.807) is 17.2 Å². The summed E-state index contributed by atoms with van der Waals surface area (Å²) in [6, 6.07) is 0. The molecule has 0 aliphatic carbocycles. The molecule has 0 aromatic carbocycles. The average Bonchev–Trinajstić information content (AvgIpc) is 2.33. The molecule has 1 N–H and O–H groups in total. The molecule has 1 unspecified atom stereocenters. The van der Waals surface area contributed by atoms with Crippen molar-refractivity contribution in [3.8, 4) is 0 Å². The van der Waals surface area contributed by atoms with Crippen LogP contribution in [0.25, 0.3) is 0 Å². The SMILES string of the molecule is CSn1nncc1C(C)O. The van der Waals surface area contributed by atoms with Crippen molar-refractivity contribution < 1.29 is 5.11 Å². The quantitative estimate of drug-likeness (QED) is 0.681. The first kappa shape index (κ1) is 7.56. The molecule has 1 heterocycles. The Kier molecular flexibility index (Phi) is 2.29. The summed E-state index contributed by atoms with van der Waals surface area (Å²) in [6.07, 6.45) is 2.93. The summed E-state index contributed by atoms with van der Waals surface area (Å²) in [4.78, 5) is 0. The molecule has 1 atom stereocenters. The molecule has 0 fully saturated rings. The highest BCUT2D eigenvalue weighted by molar-refractivity contribution is 7.97. The molecule has 10 heavy (non-hydrogen) atoms. The standard InChI is InChI=1S/C5H9N3OS/c1-4(9)5-3-6-7-8(5)10-2/h3-4,9H,1-2H3. The normalized spacial score (nSPS) is 13.5. The van der Waals surface area contributed by atoms with Gasteiger partial charge in [0.1, 0.15) is 0 Å². The Morgan fingerprint density at radius 1 is 1.80 bits per heavy atom. The lowest BCUT2D eigenvalue weighted by Gasteiger charge is -2.02. The fourth-order valence-corrected chi connectivity index (χ4v) is 1.17.